The molecule has 1 atom stereocenters. The highest BCUT2D eigenvalue weighted by Gasteiger charge is 2.34. The number of unbranched alkanes of at least 4 members (excludes halogenated alkanes) is 1. The summed E-state index contributed by atoms with van der Waals surface area (Å²) in [6.45, 7) is 5.31. The van der Waals surface area contributed by atoms with Crippen molar-refractivity contribution in [2.45, 2.75) is 51.5 Å². The molecular weight excluding hydrogens is 352 g/mol. The molecule has 6 nitrogen and oxygen atoms in total. The van der Waals surface area contributed by atoms with E-state index in [4.69, 9.17) is 0 Å². The van der Waals surface area contributed by atoms with E-state index < -0.39 is 17.4 Å². The van der Waals surface area contributed by atoms with Crippen molar-refractivity contribution in [2.75, 3.05) is 16.9 Å². The molecule has 0 radical (unpaired) electrons. The van der Waals surface area contributed by atoms with Crippen molar-refractivity contribution in [3.63, 3.8) is 0 Å². The lowest BCUT2D eigenvalue weighted by Gasteiger charge is -2.23. The number of carbonyl (C=O) groups excluding carboxylic acids is 2. The summed E-state index contributed by atoms with van der Waals surface area (Å²) >= 11 is 1.58. The lowest BCUT2D eigenvalue weighted by Crippen LogP contribution is -2.44. The van der Waals surface area contributed by atoms with Crippen LogP contribution in [0, 0.1) is 0 Å². The maximum absolute atomic E-state index is 12.6. The fourth-order valence-corrected chi connectivity index (χ4v) is 3.88. The van der Waals surface area contributed by atoms with Crippen LogP contribution in [0.4, 0.5) is 5.69 Å². The Morgan fingerprint density at radius 2 is 1.92 bits per heavy atom. The molecule has 142 valence electrons. The number of nitrogens with one attached hydrogen (secondary N) is 1. The molecule has 0 aromatic heterocycles. The zero-order valence-corrected chi connectivity index (χ0v) is 16.3. The Hall–Kier alpha value is -2.02. The largest absolute Gasteiger partial charge is 0.481 e. The predicted molar refractivity (Wildman–Crippen MR) is 103 cm³/mol. The first-order chi connectivity index (χ1) is 12.3. The third-order valence-corrected chi connectivity index (χ3v) is 5.67. The van der Waals surface area contributed by atoms with Crippen molar-refractivity contribution in [3.8, 4) is 0 Å². The molecule has 26 heavy (non-hydrogen) atoms. The predicted octanol–water partition coefficient (Wildman–Crippen LogP) is 3.08. The molecule has 0 spiro atoms. The Morgan fingerprint density at radius 1 is 1.27 bits per heavy atom. The average Bonchev–Trinajstić information content (AvgIpc) is 3.10. The number of nitrogens with zero attached hydrogens (tertiary/aromatic N) is 1. The van der Waals surface area contributed by atoms with Crippen molar-refractivity contribution in [2.24, 2.45) is 0 Å². The van der Waals surface area contributed by atoms with Gasteiger partial charge in [0, 0.05) is 17.9 Å². The SMILES string of the molecule is CCCCC(=O)N1CSCC1C(=O)Nc1ccc(C(C)(C)C(=O)O)cc1. The molecule has 1 saturated heterocycles. The van der Waals surface area contributed by atoms with Gasteiger partial charge in [0.05, 0.1) is 11.3 Å². The van der Waals surface area contributed by atoms with Gasteiger partial charge in [0.1, 0.15) is 6.04 Å². The zero-order chi connectivity index (χ0) is 19.3. The fraction of sp³-hybridized carbons (Fsp3) is 0.526. The van der Waals surface area contributed by atoms with Gasteiger partial charge in [-0.2, -0.15) is 0 Å². The first kappa shape index (κ1) is 20.3. The van der Waals surface area contributed by atoms with E-state index in [1.165, 1.54) is 0 Å². The van der Waals surface area contributed by atoms with E-state index in [0.717, 1.165) is 12.8 Å². The number of anilines is 1. The minimum atomic E-state index is -0.993. The Morgan fingerprint density at radius 3 is 2.50 bits per heavy atom. The first-order valence-corrected chi connectivity index (χ1v) is 9.95. The number of benzene rings is 1. The average molecular weight is 378 g/mol. The highest BCUT2D eigenvalue weighted by Crippen LogP contribution is 2.26. The number of carboxylic acids is 1. The molecule has 0 bridgehead atoms. The molecule has 1 aromatic carbocycles. The van der Waals surface area contributed by atoms with Crippen LogP contribution < -0.4 is 5.32 Å². The number of carbonyl (C=O) groups is 3. The molecule has 1 aromatic rings. The second-order valence-corrected chi connectivity index (χ2v) is 7.98. The number of hydrogen-bond acceptors (Lipinski definition) is 4. The van der Waals surface area contributed by atoms with E-state index in [1.807, 2.05) is 6.92 Å². The van der Waals surface area contributed by atoms with E-state index in [2.05, 4.69) is 5.32 Å². The molecule has 7 heteroatoms. The molecule has 2 amide bonds. The molecule has 1 unspecified atom stereocenters. The first-order valence-electron chi connectivity index (χ1n) is 8.79. The number of amides is 2. The van der Waals surface area contributed by atoms with Crippen LogP contribution in [-0.4, -0.2) is 45.5 Å². The molecule has 1 heterocycles. The van der Waals surface area contributed by atoms with Crippen LogP contribution in [0.25, 0.3) is 0 Å². The smallest absolute Gasteiger partial charge is 0.313 e. The van der Waals surface area contributed by atoms with E-state index in [-0.39, 0.29) is 11.8 Å². The Kier molecular flexibility index (Phi) is 6.69. The summed E-state index contributed by atoms with van der Waals surface area (Å²) in [5, 5.41) is 12.1. The van der Waals surface area contributed by atoms with Crippen LogP contribution in [0.5, 0.6) is 0 Å². The third-order valence-electron chi connectivity index (χ3n) is 4.66. The number of rotatable bonds is 7. The lowest BCUT2D eigenvalue weighted by atomic mass is 9.85. The Bertz CT molecular complexity index is 673. The van der Waals surface area contributed by atoms with Crippen LogP contribution in [0.15, 0.2) is 24.3 Å². The highest BCUT2D eigenvalue weighted by atomic mass is 32.2. The molecule has 0 aliphatic carbocycles. The molecule has 2 N–H and O–H groups in total. The van der Waals surface area contributed by atoms with Crippen LogP contribution in [0.2, 0.25) is 0 Å². The van der Waals surface area contributed by atoms with Gasteiger partial charge >= 0.3 is 5.97 Å². The maximum atomic E-state index is 12.6. The summed E-state index contributed by atoms with van der Waals surface area (Å²) in [4.78, 5) is 37.8. The molecule has 1 aliphatic rings. The summed E-state index contributed by atoms with van der Waals surface area (Å²) < 4.78 is 0. The summed E-state index contributed by atoms with van der Waals surface area (Å²) in [6.07, 6.45) is 2.25. The molecule has 0 saturated carbocycles. The van der Waals surface area contributed by atoms with Gasteiger partial charge in [0.25, 0.3) is 0 Å². The zero-order valence-electron chi connectivity index (χ0n) is 15.4. The molecule has 1 aliphatic heterocycles. The summed E-state index contributed by atoms with van der Waals surface area (Å²) in [5.74, 6) is 0.0550. The number of hydrogen-bond donors (Lipinski definition) is 2. The minimum Gasteiger partial charge on any atom is -0.481 e. The van der Waals surface area contributed by atoms with Crippen molar-refractivity contribution in [1.29, 1.82) is 0 Å². The van der Waals surface area contributed by atoms with Gasteiger partial charge in [-0.3, -0.25) is 14.4 Å². The second kappa shape index (κ2) is 8.58. The van der Waals surface area contributed by atoms with Crippen molar-refractivity contribution in [3.05, 3.63) is 29.8 Å². The number of aliphatic carboxylic acids is 1. The van der Waals surface area contributed by atoms with Gasteiger partial charge in [-0.15, -0.1) is 11.8 Å². The number of thioether (sulfide) groups is 1. The minimum absolute atomic E-state index is 0.0237. The van der Waals surface area contributed by atoms with Crippen LogP contribution in [0.1, 0.15) is 45.6 Å². The van der Waals surface area contributed by atoms with E-state index in [9.17, 15) is 19.5 Å². The molecule has 1 fully saturated rings. The van der Waals surface area contributed by atoms with E-state index >= 15 is 0 Å². The fourth-order valence-electron chi connectivity index (χ4n) is 2.70. The van der Waals surface area contributed by atoms with E-state index in [1.54, 1.807) is 54.8 Å². The van der Waals surface area contributed by atoms with E-state index in [0.29, 0.717) is 29.3 Å². The topological polar surface area (TPSA) is 86.7 Å². The Labute approximate surface area is 158 Å². The lowest BCUT2D eigenvalue weighted by molar-refractivity contribution is -0.142. The van der Waals surface area contributed by atoms with Crippen molar-refractivity contribution >= 4 is 35.2 Å². The highest BCUT2D eigenvalue weighted by molar-refractivity contribution is 7.99. The monoisotopic (exact) mass is 378 g/mol. The molecular formula is C19H26N2O4S. The standard InChI is InChI=1S/C19H26N2O4S/c1-4-5-6-16(22)21-12-26-11-15(21)17(23)20-14-9-7-13(8-10-14)19(2,3)18(24)25/h7-10,15H,4-6,11-12H2,1-3H3,(H,20,23)(H,24,25). The molecule has 2 rings (SSSR count). The summed E-state index contributed by atoms with van der Waals surface area (Å²) in [7, 11) is 0. The van der Waals surface area contributed by atoms with Gasteiger partial charge in [0.2, 0.25) is 11.8 Å². The third kappa shape index (κ3) is 4.58. The normalized spacial score (nSPS) is 17.2. The van der Waals surface area contributed by atoms with Gasteiger partial charge in [-0.25, -0.2) is 0 Å². The summed E-state index contributed by atoms with van der Waals surface area (Å²) in [5.41, 5.74) is 0.265. The van der Waals surface area contributed by atoms with Crippen LogP contribution in [0.3, 0.4) is 0 Å². The van der Waals surface area contributed by atoms with Crippen LogP contribution in [-0.2, 0) is 19.8 Å². The van der Waals surface area contributed by atoms with Crippen molar-refractivity contribution < 1.29 is 19.5 Å². The van der Waals surface area contributed by atoms with Gasteiger partial charge in [-0.05, 0) is 38.0 Å². The Balaban J connectivity index is 2.03. The van der Waals surface area contributed by atoms with Gasteiger partial charge in [-0.1, -0.05) is 25.5 Å². The van der Waals surface area contributed by atoms with Crippen molar-refractivity contribution in [1.82, 2.24) is 4.90 Å². The van der Waals surface area contributed by atoms with Gasteiger partial charge in [0.15, 0.2) is 0 Å². The maximum Gasteiger partial charge on any atom is 0.313 e. The number of carboxylic acid groups (broad SMARTS) is 1. The quantitative estimate of drug-likeness (QED) is 0.761. The second-order valence-electron chi connectivity index (χ2n) is 6.98. The summed E-state index contributed by atoms with van der Waals surface area (Å²) in [6, 6.07) is 6.35. The van der Waals surface area contributed by atoms with Crippen LogP contribution >= 0.6 is 11.8 Å². The van der Waals surface area contributed by atoms with Gasteiger partial charge < -0.3 is 15.3 Å².